The average Bonchev–Trinajstić information content (AvgIpc) is 2.99. The fourth-order valence-corrected chi connectivity index (χ4v) is 2.74. The van der Waals surface area contributed by atoms with Crippen LogP contribution in [0, 0.1) is 0 Å². The molecule has 0 bridgehead atoms. The first-order valence-electron chi connectivity index (χ1n) is 6.35. The molecule has 96 valence electrons. The van der Waals surface area contributed by atoms with Crippen molar-refractivity contribution in [1.29, 1.82) is 0 Å². The molecule has 0 N–H and O–H groups in total. The molecule has 2 aromatic heterocycles. The Bertz CT molecular complexity index is 527. The van der Waals surface area contributed by atoms with E-state index < -0.39 is 0 Å². The van der Waals surface area contributed by atoms with Crippen molar-refractivity contribution < 1.29 is 4.79 Å². The lowest BCUT2D eigenvalue weighted by Gasteiger charge is -1.98. The van der Waals surface area contributed by atoms with Crippen molar-refractivity contribution >= 4 is 17.1 Å². The highest BCUT2D eigenvalue weighted by Gasteiger charge is 2.06. The van der Waals surface area contributed by atoms with Crippen LogP contribution in [0.1, 0.15) is 47.7 Å². The zero-order valence-electron chi connectivity index (χ0n) is 10.8. The van der Waals surface area contributed by atoms with Crippen LogP contribution in [0.15, 0.2) is 23.8 Å². The second-order valence-electron chi connectivity index (χ2n) is 4.33. The van der Waals surface area contributed by atoms with Gasteiger partial charge in [0.25, 0.3) is 0 Å². The van der Waals surface area contributed by atoms with Gasteiger partial charge in [0.1, 0.15) is 0 Å². The molecule has 3 nitrogen and oxygen atoms in total. The normalized spacial score (nSPS) is 10.8. The minimum atomic E-state index is 0.193. The number of hydrogen-bond acceptors (Lipinski definition) is 3. The largest absolute Gasteiger partial charge is 0.348 e. The van der Waals surface area contributed by atoms with E-state index in [9.17, 15) is 4.79 Å². The number of carbonyl (C=O) groups is 1. The molecule has 0 aliphatic carbocycles. The monoisotopic (exact) mass is 262 g/mol. The van der Waals surface area contributed by atoms with Gasteiger partial charge in [0, 0.05) is 29.8 Å². The van der Waals surface area contributed by atoms with E-state index in [0.29, 0.717) is 6.42 Å². The Balaban J connectivity index is 2.04. The summed E-state index contributed by atoms with van der Waals surface area (Å²) in [5.41, 5.74) is 1.87. The minimum Gasteiger partial charge on any atom is -0.348 e. The van der Waals surface area contributed by atoms with Crippen LogP contribution in [0.25, 0.3) is 0 Å². The maximum Gasteiger partial charge on any atom is 0.164 e. The molecule has 0 amide bonds. The van der Waals surface area contributed by atoms with Crippen molar-refractivity contribution in [3.8, 4) is 0 Å². The number of aryl methyl sites for hydroxylation is 1. The summed E-state index contributed by atoms with van der Waals surface area (Å²) in [4.78, 5) is 16.1. The van der Waals surface area contributed by atoms with E-state index in [1.807, 2.05) is 30.0 Å². The fourth-order valence-electron chi connectivity index (χ4n) is 1.85. The summed E-state index contributed by atoms with van der Waals surface area (Å²) in [6.07, 6.45) is 6.59. The Morgan fingerprint density at radius 1 is 1.44 bits per heavy atom. The third kappa shape index (κ3) is 3.07. The lowest BCUT2D eigenvalue weighted by molar-refractivity contribution is 0.0988. The first-order valence-corrected chi connectivity index (χ1v) is 7.23. The van der Waals surface area contributed by atoms with Gasteiger partial charge in [0.15, 0.2) is 5.78 Å². The van der Waals surface area contributed by atoms with E-state index in [1.54, 1.807) is 11.3 Å². The number of ketones is 1. The van der Waals surface area contributed by atoms with Crippen molar-refractivity contribution in [2.75, 3.05) is 0 Å². The van der Waals surface area contributed by atoms with Gasteiger partial charge in [-0.3, -0.25) is 4.79 Å². The molecular weight excluding hydrogens is 244 g/mol. The molecule has 0 unspecified atom stereocenters. The Kier molecular flexibility index (Phi) is 4.31. The number of thiazole rings is 1. The zero-order valence-corrected chi connectivity index (χ0v) is 11.7. The second-order valence-corrected chi connectivity index (χ2v) is 5.27. The van der Waals surface area contributed by atoms with Crippen LogP contribution in [0.3, 0.4) is 0 Å². The number of aromatic nitrogens is 2. The number of carbonyl (C=O) groups excluding carboxylic acids is 1. The van der Waals surface area contributed by atoms with Crippen LogP contribution in [0.5, 0.6) is 0 Å². The highest BCUT2D eigenvalue weighted by molar-refractivity contribution is 7.09. The molecule has 18 heavy (non-hydrogen) atoms. The Morgan fingerprint density at radius 3 is 3.00 bits per heavy atom. The average molecular weight is 262 g/mol. The molecule has 0 spiro atoms. The van der Waals surface area contributed by atoms with Crippen molar-refractivity contribution in [3.63, 3.8) is 0 Å². The van der Waals surface area contributed by atoms with Gasteiger partial charge in [-0.1, -0.05) is 13.8 Å². The van der Waals surface area contributed by atoms with E-state index >= 15 is 0 Å². The molecule has 0 radical (unpaired) electrons. The van der Waals surface area contributed by atoms with Crippen LogP contribution in [-0.4, -0.2) is 15.3 Å². The predicted octanol–water partition coefficient (Wildman–Crippen LogP) is 3.54. The molecule has 0 saturated carbocycles. The van der Waals surface area contributed by atoms with E-state index in [2.05, 4.69) is 17.3 Å². The first kappa shape index (κ1) is 13.0. The Labute approximate surface area is 111 Å². The summed E-state index contributed by atoms with van der Waals surface area (Å²) >= 11 is 1.72. The lowest BCUT2D eigenvalue weighted by Crippen LogP contribution is -1.98. The summed E-state index contributed by atoms with van der Waals surface area (Å²) in [5.74, 6) is 0.193. The number of rotatable bonds is 6. The van der Waals surface area contributed by atoms with Crippen molar-refractivity contribution in [1.82, 2.24) is 9.55 Å². The SMILES string of the molecule is CCCc1nc(Cn2ccc(C(=O)CC)c2)cs1. The predicted molar refractivity (Wildman–Crippen MR) is 74.3 cm³/mol. The van der Waals surface area contributed by atoms with Crippen LogP contribution in [0.2, 0.25) is 0 Å². The third-order valence-corrected chi connectivity index (χ3v) is 3.76. The fraction of sp³-hybridized carbons (Fsp3) is 0.429. The standard InChI is InChI=1S/C14H18N2OS/c1-3-5-14-15-12(10-18-14)9-16-7-6-11(8-16)13(17)4-2/h6-8,10H,3-5,9H2,1-2H3. The van der Waals surface area contributed by atoms with Gasteiger partial charge in [-0.05, 0) is 18.9 Å². The summed E-state index contributed by atoms with van der Waals surface area (Å²) in [6.45, 7) is 4.80. The molecule has 0 aromatic carbocycles. The molecule has 2 rings (SSSR count). The number of Topliss-reactive ketones (excluding diaryl/α,β-unsaturated/α-hetero) is 1. The topological polar surface area (TPSA) is 34.9 Å². The second kappa shape index (κ2) is 5.96. The van der Waals surface area contributed by atoms with Gasteiger partial charge in [0.05, 0.1) is 17.2 Å². The molecule has 0 aliphatic rings. The highest BCUT2D eigenvalue weighted by Crippen LogP contribution is 2.14. The first-order chi connectivity index (χ1) is 8.72. The maximum atomic E-state index is 11.5. The molecule has 0 atom stereocenters. The summed E-state index contributed by atoms with van der Waals surface area (Å²) in [5, 5.41) is 3.30. The van der Waals surface area contributed by atoms with Gasteiger partial charge >= 0.3 is 0 Å². The molecular formula is C14H18N2OS. The maximum absolute atomic E-state index is 11.5. The highest BCUT2D eigenvalue weighted by atomic mass is 32.1. The van der Waals surface area contributed by atoms with Gasteiger partial charge in [-0.2, -0.15) is 0 Å². The quantitative estimate of drug-likeness (QED) is 0.746. The van der Waals surface area contributed by atoms with E-state index in [0.717, 1.165) is 30.6 Å². The van der Waals surface area contributed by atoms with Gasteiger partial charge in [0.2, 0.25) is 0 Å². The molecule has 2 aromatic rings. The van der Waals surface area contributed by atoms with Crippen LogP contribution in [-0.2, 0) is 13.0 Å². The van der Waals surface area contributed by atoms with Crippen LogP contribution in [0.4, 0.5) is 0 Å². The van der Waals surface area contributed by atoms with E-state index in [1.165, 1.54) is 5.01 Å². The van der Waals surface area contributed by atoms with Crippen LogP contribution < -0.4 is 0 Å². The smallest absolute Gasteiger partial charge is 0.164 e. The summed E-state index contributed by atoms with van der Waals surface area (Å²) in [7, 11) is 0. The molecule has 4 heteroatoms. The van der Waals surface area contributed by atoms with E-state index in [4.69, 9.17) is 0 Å². The van der Waals surface area contributed by atoms with Crippen molar-refractivity contribution in [2.45, 2.75) is 39.7 Å². The molecule has 2 heterocycles. The lowest BCUT2D eigenvalue weighted by atomic mass is 10.2. The van der Waals surface area contributed by atoms with Crippen molar-refractivity contribution in [2.24, 2.45) is 0 Å². The molecule has 0 fully saturated rings. The van der Waals surface area contributed by atoms with Gasteiger partial charge in [-0.25, -0.2) is 4.98 Å². The van der Waals surface area contributed by atoms with Crippen LogP contribution >= 0.6 is 11.3 Å². The molecule has 0 saturated heterocycles. The third-order valence-electron chi connectivity index (χ3n) is 2.80. The van der Waals surface area contributed by atoms with Crippen molar-refractivity contribution in [3.05, 3.63) is 40.1 Å². The summed E-state index contributed by atoms with van der Waals surface area (Å²) < 4.78 is 2.02. The zero-order chi connectivity index (χ0) is 13.0. The number of hydrogen-bond donors (Lipinski definition) is 0. The summed E-state index contributed by atoms with van der Waals surface area (Å²) in [6, 6.07) is 1.88. The minimum absolute atomic E-state index is 0.193. The van der Waals surface area contributed by atoms with Gasteiger partial charge in [-0.15, -0.1) is 11.3 Å². The van der Waals surface area contributed by atoms with E-state index in [-0.39, 0.29) is 5.78 Å². The Morgan fingerprint density at radius 2 is 2.28 bits per heavy atom. The molecule has 0 aliphatic heterocycles. The van der Waals surface area contributed by atoms with Gasteiger partial charge < -0.3 is 4.57 Å². The Hall–Kier alpha value is -1.42. The number of nitrogens with zero attached hydrogens (tertiary/aromatic N) is 2.